The number of rotatable bonds is 8. The van der Waals surface area contributed by atoms with Gasteiger partial charge in [0.15, 0.2) is 0 Å². The summed E-state index contributed by atoms with van der Waals surface area (Å²) >= 11 is 0. The Balaban J connectivity index is 1.43. The normalized spacial score (nSPS) is 24.8. The van der Waals surface area contributed by atoms with E-state index < -0.39 is 6.10 Å². The van der Waals surface area contributed by atoms with Gasteiger partial charge in [0.1, 0.15) is 11.9 Å². The number of hydrogen-bond donors (Lipinski definition) is 3. The highest BCUT2D eigenvalue weighted by Crippen LogP contribution is 2.23. The highest BCUT2D eigenvalue weighted by molar-refractivity contribution is 5.79. The smallest absolute Gasteiger partial charge is 0.223 e. The summed E-state index contributed by atoms with van der Waals surface area (Å²) in [4.78, 5) is 24.8. The molecule has 0 aliphatic carbocycles. The molecule has 3 rings (SSSR count). The molecule has 0 radical (unpaired) electrons. The number of hydrogen-bond acceptors (Lipinski definition) is 6. The third kappa shape index (κ3) is 6.42. The molecule has 8 nitrogen and oxygen atoms in total. The minimum absolute atomic E-state index is 0.000155. The average Bonchev–Trinajstić information content (AvgIpc) is 2.79. The van der Waals surface area contributed by atoms with Gasteiger partial charge in [-0.25, -0.2) is 0 Å². The molecule has 2 fully saturated rings. The van der Waals surface area contributed by atoms with E-state index in [0.29, 0.717) is 32.6 Å². The Hall–Kier alpha value is -2.16. The lowest BCUT2D eigenvalue weighted by atomic mass is 9.94. The van der Waals surface area contributed by atoms with Gasteiger partial charge >= 0.3 is 0 Å². The van der Waals surface area contributed by atoms with Crippen molar-refractivity contribution in [2.45, 2.75) is 56.9 Å². The molecule has 0 saturated carbocycles. The summed E-state index contributed by atoms with van der Waals surface area (Å²) in [5, 5.41) is 15.7. The Morgan fingerprint density at radius 2 is 2.00 bits per heavy atom. The van der Waals surface area contributed by atoms with Crippen LogP contribution in [0, 0.1) is 5.92 Å². The molecule has 0 spiro atoms. The predicted molar refractivity (Wildman–Crippen MR) is 110 cm³/mol. The van der Waals surface area contributed by atoms with Gasteiger partial charge in [0.2, 0.25) is 11.8 Å². The van der Waals surface area contributed by atoms with Crippen molar-refractivity contribution in [3.8, 4) is 5.75 Å². The zero-order valence-corrected chi connectivity index (χ0v) is 17.5. The summed E-state index contributed by atoms with van der Waals surface area (Å²) in [6.45, 7) is 1.43. The summed E-state index contributed by atoms with van der Waals surface area (Å²) in [7, 11) is 1.61. The van der Waals surface area contributed by atoms with Crippen molar-refractivity contribution >= 4 is 11.8 Å². The molecule has 3 atom stereocenters. The van der Waals surface area contributed by atoms with Crippen molar-refractivity contribution in [1.82, 2.24) is 10.6 Å². The number of carbonyl (C=O) groups excluding carboxylic acids is 2. The largest absolute Gasteiger partial charge is 0.497 e. The van der Waals surface area contributed by atoms with Crippen LogP contribution in [0.15, 0.2) is 24.3 Å². The minimum atomic E-state index is -0.501. The molecule has 1 aromatic rings. The van der Waals surface area contributed by atoms with Crippen LogP contribution < -0.4 is 15.4 Å². The fourth-order valence-corrected chi connectivity index (χ4v) is 3.97. The van der Waals surface area contributed by atoms with Gasteiger partial charge in [-0.05, 0) is 43.4 Å². The van der Waals surface area contributed by atoms with E-state index >= 15 is 0 Å². The molecule has 2 aliphatic heterocycles. The number of aliphatic hydroxyl groups excluding tert-OH is 1. The van der Waals surface area contributed by atoms with E-state index in [0.717, 1.165) is 24.2 Å². The summed E-state index contributed by atoms with van der Waals surface area (Å²) in [5.41, 5.74) is 0.955. The number of ether oxygens (including phenoxy) is 3. The fourth-order valence-electron chi connectivity index (χ4n) is 3.97. The highest BCUT2D eigenvalue weighted by atomic mass is 16.5. The third-order valence-corrected chi connectivity index (χ3v) is 5.75. The second-order valence-corrected chi connectivity index (χ2v) is 7.89. The second kappa shape index (κ2) is 11.3. The molecule has 1 aromatic carbocycles. The SMILES string of the molecule is COc1cccc(CNC(=O)C[C@@H]2CC[C@@H](NC(=O)C3CCOCC3)[C@@H](CO)O2)c1. The Morgan fingerprint density at radius 1 is 1.20 bits per heavy atom. The zero-order chi connectivity index (χ0) is 21.3. The highest BCUT2D eigenvalue weighted by Gasteiger charge is 2.34. The van der Waals surface area contributed by atoms with Gasteiger partial charge in [-0.2, -0.15) is 0 Å². The molecule has 166 valence electrons. The zero-order valence-electron chi connectivity index (χ0n) is 17.5. The molecule has 30 heavy (non-hydrogen) atoms. The quantitative estimate of drug-likeness (QED) is 0.583. The maximum atomic E-state index is 12.5. The maximum Gasteiger partial charge on any atom is 0.223 e. The average molecular weight is 421 g/mol. The van der Waals surface area contributed by atoms with Crippen LogP contribution in [0.25, 0.3) is 0 Å². The van der Waals surface area contributed by atoms with Crippen molar-refractivity contribution < 1.29 is 28.9 Å². The summed E-state index contributed by atoms with van der Waals surface area (Å²) < 4.78 is 16.4. The number of benzene rings is 1. The van der Waals surface area contributed by atoms with Gasteiger partial charge in [-0.3, -0.25) is 9.59 Å². The number of aliphatic hydroxyl groups is 1. The van der Waals surface area contributed by atoms with Gasteiger partial charge in [0.05, 0.1) is 32.3 Å². The first-order chi connectivity index (χ1) is 14.6. The second-order valence-electron chi connectivity index (χ2n) is 7.89. The number of nitrogens with one attached hydrogen (secondary N) is 2. The molecule has 2 heterocycles. The Morgan fingerprint density at radius 3 is 2.73 bits per heavy atom. The van der Waals surface area contributed by atoms with Crippen LogP contribution in [0.2, 0.25) is 0 Å². The van der Waals surface area contributed by atoms with Gasteiger partial charge in [0, 0.05) is 25.7 Å². The number of methoxy groups -OCH3 is 1. The lowest BCUT2D eigenvalue weighted by Gasteiger charge is -2.37. The summed E-state index contributed by atoms with van der Waals surface area (Å²) in [6, 6.07) is 7.30. The van der Waals surface area contributed by atoms with Crippen LogP contribution in [-0.2, 0) is 25.6 Å². The van der Waals surface area contributed by atoms with Crippen LogP contribution in [0.3, 0.4) is 0 Å². The molecule has 0 bridgehead atoms. The van der Waals surface area contributed by atoms with E-state index in [2.05, 4.69) is 10.6 Å². The van der Waals surface area contributed by atoms with E-state index in [9.17, 15) is 14.7 Å². The van der Waals surface area contributed by atoms with Crippen molar-refractivity contribution in [2.24, 2.45) is 5.92 Å². The lowest BCUT2D eigenvalue weighted by Crippen LogP contribution is -2.53. The minimum Gasteiger partial charge on any atom is -0.497 e. The van der Waals surface area contributed by atoms with Crippen LogP contribution in [0.4, 0.5) is 0 Å². The summed E-state index contributed by atoms with van der Waals surface area (Å²) in [5.74, 6) is 0.597. The monoisotopic (exact) mass is 420 g/mol. The van der Waals surface area contributed by atoms with Crippen LogP contribution in [-0.4, -0.2) is 62.1 Å². The van der Waals surface area contributed by atoms with Crippen LogP contribution >= 0.6 is 0 Å². The molecule has 8 heteroatoms. The van der Waals surface area contributed by atoms with Crippen molar-refractivity contribution in [3.05, 3.63) is 29.8 Å². The topological polar surface area (TPSA) is 106 Å². The molecular formula is C22H32N2O6. The predicted octanol–water partition coefficient (Wildman–Crippen LogP) is 1.15. The first-order valence-electron chi connectivity index (χ1n) is 10.6. The molecule has 2 amide bonds. The Labute approximate surface area is 177 Å². The van der Waals surface area contributed by atoms with E-state index in [4.69, 9.17) is 14.2 Å². The van der Waals surface area contributed by atoms with Crippen molar-refractivity contribution in [2.75, 3.05) is 26.9 Å². The Kier molecular flexibility index (Phi) is 8.48. The molecule has 0 unspecified atom stereocenters. The van der Waals surface area contributed by atoms with Gasteiger partial charge in [-0.15, -0.1) is 0 Å². The maximum absolute atomic E-state index is 12.5. The Bertz CT molecular complexity index is 707. The van der Waals surface area contributed by atoms with Crippen molar-refractivity contribution in [3.63, 3.8) is 0 Å². The fraction of sp³-hybridized carbons (Fsp3) is 0.636. The molecule has 0 aromatic heterocycles. The molecule has 2 saturated heterocycles. The van der Waals surface area contributed by atoms with Gasteiger partial charge < -0.3 is 30.0 Å². The first kappa shape index (κ1) is 22.5. The van der Waals surface area contributed by atoms with Gasteiger partial charge in [0.25, 0.3) is 0 Å². The number of amides is 2. The lowest BCUT2D eigenvalue weighted by molar-refractivity contribution is -0.139. The van der Waals surface area contributed by atoms with Crippen LogP contribution in [0.5, 0.6) is 5.75 Å². The number of carbonyl (C=O) groups is 2. The van der Waals surface area contributed by atoms with E-state index in [1.165, 1.54) is 0 Å². The molecular weight excluding hydrogens is 388 g/mol. The first-order valence-corrected chi connectivity index (χ1v) is 10.6. The van der Waals surface area contributed by atoms with E-state index in [1.807, 2.05) is 24.3 Å². The third-order valence-electron chi connectivity index (χ3n) is 5.75. The molecule has 3 N–H and O–H groups in total. The molecule has 2 aliphatic rings. The van der Waals surface area contributed by atoms with Crippen molar-refractivity contribution in [1.29, 1.82) is 0 Å². The summed E-state index contributed by atoms with van der Waals surface area (Å²) in [6.07, 6.45) is 2.22. The van der Waals surface area contributed by atoms with Crippen LogP contribution in [0.1, 0.15) is 37.7 Å². The van der Waals surface area contributed by atoms with E-state index in [1.54, 1.807) is 7.11 Å². The standard InChI is InChI=1S/C22H32N2O6/c1-28-17-4-2-3-15(11-17)13-23-21(26)12-18-5-6-19(20(14-25)30-18)24-22(27)16-7-9-29-10-8-16/h2-4,11,16,18-20,25H,5-10,12-14H2,1H3,(H,23,26)(H,24,27)/t18-,19+,20+/m0/s1. The van der Waals surface area contributed by atoms with Gasteiger partial charge in [-0.1, -0.05) is 12.1 Å². The van der Waals surface area contributed by atoms with E-state index in [-0.39, 0.29) is 42.9 Å².